The van der Waals surface area contributed by atoms with Gasteiger partial charge in [0, 0.05) is 0 Å². The molecule has 0 radical (unpaired) electrons. The summed E-state index contributed by atoms with van der Waals surface area (Å²) in [7, 11) is 0. The molecular weight excluding hydrogens is 621 g/mol. The number of hydrogen-bond acceptors (Lipinski definition) is 4. The van der Waals surface area contributed by atoms with E-state index in [0.717, 1.165) is 26.5 Å². The second-order valence-electron chi connectivity index (χ2n) is 9.59. The van der Waals surface area contributed by atoms with Crippen LogP contribution in [0.1, 0.15) is 44.4 Å². The van der Waals surface area contributed by atoms with Crippen molar-refractivity contribution in [3.63, 3.8) is 0 Å². The average Bonchev–Trinajstić information content (AvgIpc) is 2.79. The van der Waals surface area contributed by atoms with Crippen molar-refractivity contribution in [1.29, 1.82) is 0 Å². The minimum atomic E-state index is -5.90. The summed E-state index contributed by atoms with van der Waals surface area (Å²) in [5.41, 5.74) is 3.20. The Labute approximate surface area is 205 Å². The van der Waals surface area contributed by atoms with E-state index in [1.807, 2.05) is 93.6 Å². The van der Waals surface area contributed by atoms with E-state index in [0.29, 0.717) is 0 Å². The first-order valence-corrected chi connectivity index (χ1v) is 19.8. The fourth-order valence-electron chi connectivity index (χ4n) is 3.78. The molecule has 4 nitrogen and oxygen atoms in total. The second-order valence-corrected chi connectivity index (χ2v) is 24.5. The molecule has 3 rings (SSSR count). The van der Waals surface area contributed by atoms with Gasteiger partial charge in [-0.3, -0.25) is 0 Å². The third-order valence-corrected chi connectivity index (χ3v) is 24.5. The van der Waals surface area contributed by atoms with Crippen LogP contribution in [-0.2, 0) is 15.2 Å². The maximum absolute atomic E-state index is 13.5. The molecule has 0 saturated heterocycles. The van der Waals surface area contributed by atoms with Crippen LogP contribution in [0.15, 0.2) is 72.8 Å². The predicted octanol–water partition coefficient (Wildman–Crippen LogP) is 4.43. The van der Waals surface area contributed by atoms with Gasteiger partial charge >= 0.3 is 206 Å². The molecule has 0 spiro atoms. The van der Waals surface area contributed by atoms with Crippen LogP contribution in [-0.4, -0.2) is 31.6 Å². The van der Waals surface area contributed by atoms with Crippen molar-refractivity contribution in [3.8, 4) is 0 Å². The number of rotatable bonds is 7. The SMILES string of the molecule is Cc1cc[c]([Bi]([O]C(=O)C(C)C)([O]C(=O)C(C)C)([c]2ccc(C)cc2)[c]2ccc(C)cc2)cc1. The zero-order valence-corrected chi connectivity index (χ0v) is 24.6. The first-order chi connectivity index (χ1) is 16.0. The molecule has 0 unspecified atom stereocenters. The normalized spacial score (nSPS) is 12.8. The Morgan fingerprint density at radius 2 is 0.765 bits per heavy atom. The van der Waals surface area contributed by atoms with Crippen molar-refractivity contribution >= 4 is 41.4 Å². The molecule has 5 heteroatoms. The Bertz CT molecular complexity index is 1020. The van der Waals surface area contributed by atoms with Crippen LogP contribution >= 0.6 is 0 Å². The molecule has 0 aliphatic carbocycles. The molecule has 0 heterocycles. The summed E-state index contributed by atoms with van der Waals surface area (Å²) < 4.78 is 15.7. The Hall–Kier alpha value is -2.52. The van der Waals surface area contributed by atoms with Gasteiger partial charge in [-0.05, 0) is 0 Å². The summed E-state index contributed by atoms with van der Waals surface area (Å²) in [6.07, 6.45) is 0. The van der Waals surface area contributed by atoms with E-state index in [4.69, 9.17) is 5.63 Å². The van der Waals surface area contributed by atoms with Crippen molar-refractivity contribution in [1.82, 2.24) is 0 Å². The number of hydrogen-bond donors (Lipinski definition) is 0. The topological polar surface area (TPSA) is 52.6 Å². The van der Waals surface area contributed by atoms with E-state index in [1.54, 1.807) is 27.7 Å². The number of carbonyl (C=O) groups is 2. The van der Waals surface area contributed by atoms with Crippen molar-refractivity contribution in [3.05, 3.63) is 89.5 Å². The molecule has 3 aromatic carbocycles. The molecule has 0 aromatic heterocycles. The zero-order chi connectivity index (χ0) is 25.1. The van der Waals surface area contributed by atoms with Crippen LogP contribution in [0, 0.1) is 32.6 Å². The van der Waals surface area contributed by atoms with Crippen LogP contribution in [0.5, 0.6) is 0 Å². The molecule has 0 fully saturated rings. The number of carbonyl (C=O) groups excluding carboxylic acids is 2. The molecule has 34 heavy (non-hydrogen) atoms. The molecule has 0 amide bonds. The molecule has 180 valence electrons. The number of aryl methyl sites for hydroxylation is 3. The Morgan fingerprint density at radius 3 is 0.971 bits per heavy atom. The molecule has 3 aromatic rings. The van der Waals surface area contributed by atoms with Crippen LogP contribution < -0.4 is 9.81 Å². The summed E-state index contributed by atoms with van der Waals surface area (Å²) in [5, 5.41) is 0. The monoisotopic (exact) mass is 656 g/mol. The Kier molecular flexibility index (Phi) is 7.67. The molecule has 0 atom stereocenters. The van der Waals surface area contributed by atoms with E-state index in [1.165, 1.54) is 0 Å². The second kappa shape index (κ2) is 10.00. The van der Waals surface area contributed by atoms with Gasteiger partial charge in [-0.1, -0.05) is 0 Å². The fraction of sp³-hybridized carbons (Fsp3) is 0.310. The van der Waals surface area contributed by atoms with Crippen molar-refractivity contribution in [2.75, 3.05) is 0 Å². The Balaban J connectivity index is 2.58. The predicted molar refractivity (Wildman–Crippen MR) is 140 cm³/mol. The van der Waals surface area contributed by atoms with Crippen molar-refractivity contribution in [2.45, 2.75) is 48.5 Å². The summed E-state index contributed by atoms with van der Waals surface area (Å²) in [4.78, 5) is 27.0. The van der Waals surface area contributed by atoms with Crippen LogP contribution in [0.3, 0.4) is 0 Å². The third kappa shape index (κ3) is 4.68. The third-order valence-electron chi connectivity index (χ3n) is 5.98. The summed E-state index contributed by atoms with van der Waals surface area (Å²) in [6.45, 7) is 13.2. The Morgan fingerprint density at radius 1 is 0.529 bits per heavy atom. The summed E-state index contributed by atoms with van der Waals surface area (Å²) in [6, 6.07) is 23.7. The van der Waals surface area contributed by atoms with Gasteiger partial charge in [0.25, 0.3) is 0 Å². The summed E-state index contributed by atoms with van der Waals surface area (Å²) >= 11 is -5.90. The van der Waals surface area contributed by atoms with E-state index >= 15 is 0 Å². The quantitative estimate of drug-likeness (QED) is 0.354. The molecule has 0 saturated carbocycles. The summed E-state index contributed by atoms with van der Waals surface area (Å²) in [5.74, 6) is -1.56. The fourth-order valence-corrected chi connectivity index (χ4v) is 22.2. The number of benzene rings is 3. The van der Waals surface area contributed by atoms with E-state index in [-0.39, 0.29) is 11.9 Å². The average molecular weight is 657 g/mol. The van der Waals surface area contributed by atoms with E-state index in [2.05, 4.69) is 0 Å². The van der Waals surface area contributed by atoms with E-state index < -0.39 is 31.5 Å². The van der Waals surface area contributed by atoms with Gasteiger partial charge in [0.1, 0.15) is 0 Å². The molecule has 0 N–H and O–H groups in total. The van der Waals surface area contributed by atoms with Gasteiger partial charge in [-0.25, -0.2) is 0 Å². The van der Waals surface area contributed by atoms with Crippen molar-refractivity contribution < 1.29 is 15.2 Å². The van der Waals surface area contributed by atoms with Gasteiger partial charge in [-0.15, -0.1) is 0 Å². The first kappa shape index (κ1) is 26.1. The molecule has 0 bridgehead atoms. The van der Waals surface area contributed by atoms with Crippen LogP contribution in [0.4, 0.5) is 0 Å². The maximum atomic E-state index is 13.5. The standard InChI is InChI=1S/3C7H7.2C4H8O2.Bi/c3*1-7-5-3-2-4-6-7;2*1-3(2)4(5)6;/h3*3-6H,1H3;2*3H,1-2H3,(H,5,6);/q;;;;;+2/p-2. The van der Waals surface area contributed by atoms with Gasteiger partial charge in [0.15, 0.2) is 0 Å². The zero-order valence-electron chi connectivity index (χ0n) is 21.2. The van der Waals surface area contributed by atoms with Gasteiger partial charge < -0.3 is 0 Å². The van der Waals surface area contributed by atoms with Crippen LogP contribution in [0.25, 0.3) is 0 Å². The van der Waals surface area contributed by atoms with E-state index in [9.17, 15) is 9.59 Å². The molecule has 0 aliphatic rings. The van der Waals surface area contributed by atoms with Crippen molar-refractivity contribution in [2.24, 2.45) is 11.8 Å². The van der Waals surface area contributed by atoms with Gasteiger partial charge in [0.05, 0.1) is 0 Å². The first-order valence-electron chi connectivity index (χ1n) is 11.7. The molecule has 0 aliphatic heterocycles. The molecular formula is C29H35BiO4. The van der Waals surface area contributed by atoms with Crippen LogP contribution in [0.2, 0.25) is 0 Å². The van der Waals surface area contributed by atoms with Gasteiger partial charge in [0.2, 0.25) is 0 Å². The minimum absolute atomic E-state index is 0.383. The van der Waals surface area contributed by atoms with Gasteiger partial charge in [-0.2, -0.15) is 0 Å².